The first-order valence-electron chi connectivity index (χ1n) is 13.6. The summed E-state index contributed by atoms with van der Waals surface area (Å²) in [6.45, 7) is 5.85. The molecule has 1 saturated carbocycles. The number of ether oxygens (including phenoxy) is 1. The predicted octanol–water partition coefficient (Wildman–Crippen LogP) is 4.62. The van der Waals surface area contributed by atoms with E-state index < -0.39 is 30.0 Å². The zero-order valence-electron chi connectivity index (χ0n) is 22.7. The number of anilines is 1. The topological polar surface area (TPSA) is 147 Å². The molecule has 5 rings (SSSR count). The normalized spacial score (nSPS) is 24.5. The Kier molecular flexibility index (Phi) is 8.35. The van der Waals surface area contributed by atoms with Crippen molar-refractivity contribution in [2.45, 2.75) is 63.8 Å². The molecule has 4 heterocycles. The van der Waals surface area contributed by atoms with Crippen LogP contribution in [0.5, 0.6) is 0 Å². The van der Waals surface area contributed by atoms with Crippen molar-refractivity contribution in [2.75, 3.05) is 11.9 Å². The van der Waals surface area contributed by atoms with Gasteiger partial charge in [0.1, 0.15) is 17.2 Å². The number of pyridine rings is 1. The SMILES string of the molecule is C=CC1CCC(Cn2c(C(C)(F)C3=NCCC=C3F)nc3c2C(c2cncc(Cl)c2)=NC(C(=N)OC(N)O)N3)CC1. The van der Waals surface area contributed by atoms with Gasteiger partial charge in [0, 0.05) is 31.0 Å². The molecule has 2 aromatic rings. The van der Waals surface area contributed by atoms with E-state index in [0.29, 0.717) is 40.9 Å². The second kappa shape index (κ2) is 11.8. The largest absolute Gasteiger partial charge is 0.435 e. The average Bonchev–Trinajstić information content (AvgIpc) is 3.31. The fraction of sp³-hybridized carbons (Fsp3) is 0.464. The van der Waals surface area contributed by atoms with E-state index in [1.165, 1.54) is 19.2 Å². The molecule has 0 aromatic carbocycles. The van der Waals surface area contributed by atoms with Crippen LogP contribution in [0.3, 0.4) is 0 Å². The molecular formula is C28H33ClF2N8O2. The first-order valence-corrected chi connectivity index (χ1v) is 13.9. The summed E-state index contributed by atoms with van der Waals surface area (Å²) in [7, 11) is 0. The lowest BCUT2D eigenvalue weighted by molar-refractivity contribution is -0.0246. The maximum atomic E-state index is 16.9. The van der Waals surface area contributed by atoms with E-state index in [1.807, 2.05) is 6.08 Å². The van der Waals surface area contributed by atoms with E-state index in [4.69, 9.17) is 27.5 Å². The quantitative estimate of drug-likeness (QED) is 0.154. The molecule has 10 nitrogen and oxygen atoms in total. The van der Waals surface area contributed by atoms with Crippen molar-refractivity contribution in [1.82, 2.24) is 14.5 Å². The fourth-order valence-electron chi connectivity index (χ4n) is 5.64. The van der Waals surface area contributed by atoms with Crippen LogP contribution >= 0.6 is 11.6 Å². The van der Waals surface area contributed by atoms with Gasteiger partial charge in [-0.25, -0.2) is 18.8 Å². The van der Waals surface area contributed by atoms with Gasteiger partial charge >= 0.3 is 0 Å². The molecule has 2 aliphatic heterocycles. The van der Waals surface area contributed by atoms with Crippen molar-refractivity contribution in [3.63, 3.8) is 0 Å². The van der Waals surface area contributed by atoms with Gasteiger partial charge in [0.2, 0.25) is 11.6 Å². The van der Waals surface area contributed by atoms with Gasteiger partial charge in [-0.1, -0.05) is 17.7 Å². The number of hydrogen-bond acceptors (Lipinski definition) is 9. The smallest absolute Gasteiger partial charge is 0.256 e. The number of nitrogens with zero attached hydrogens (tertiary/aromatic N) is 5. The lowest BCUT2D eigenvalue weighted by Gasteiger charge is -2.31. The molecule has 0 spiro atoms. The number of aliphatic hydroxyl groups excluding tert-OH is 1. The molecule has 218 valence electrons. The highest BCUT2D eigenvalue weighted by Gasteiger charge is 2.44. The molecule has 2 aromatic heterocycles. The monoisotopic (exact) mass is 586 g/mol. The van der Waals surface area contributed by atoms with Crippen molar-refractivity contribution in [2.24, 2.45) is 27.6 Å². The van der Waals surface area contributed by atoms with Crippen LogP contribution in [0.4, 0.5) is 14.6 Å². The van der Waals surface area contributed by atoms with Gasteiger partial charge in [-0.15, -0.1) is 6.58 Å². The summed E-state index contributed by atoms with van der Waals surface area (Å²) in [5.41, 5.74) is 3.89. The highest BCUT2D eigenvalue weighted by molar-refractivity contribution is 6.31. The maximum absolute atomic E-state index is 16.9. The van der Waals surface area contributed by atoms with E-state index in [1.54, 1.807) is 16.8 Å². The van der Waals surface area contributed by atoms with E-state index in [0.717, 1.165) is 25.7 Å². The van der Waals surface area contributed by atoms with Crippen LogP contribution in [-0.4, -0.2) is 56.1 Å². The molecule has 0 amide bonds. The zero-order chi connectivity index (χ0) is 29.3. The van der Waals surface area contributed by atoms with Gasteiger partial charge in [-0.05, 0) is 63.0 Å². The number of alkyl halides is 1. The van der Waals surface area contributed by atoms with Crippen LogP contribution < -0.4 is 11.1 Å². The molecule has 3 unspecified atom stereocenters. The summed E-state index contributed by atoms with van der Waals surface area (Å²) in [5.74, 6) is -0.403. The Morgan fingerprint density at radius 1 is 1.39 bits per heavy atom. The Labute approximate surface area is 241 Å². The number of dihydropyridines is 1. The highest BCUT2D eigenvalue weighted by atomic mass is 35.5. The van der Waals surface area contributed by atoms with Crippen molar-refractivity contribution in [3.05, 3.63) is 65.1 Å². The lowest BCUT2D eigenvalue weighted by Crippen LogP contribution is -2.39. The second-order valence-corrected chi connectivity index (χ2v) is 11.1. The Balaban J connectivity index is 1.66. The summed E-state index contributed by atoms with van der Waals surface area (Å²) >= 11 is 6.27. The molecule has 0 saturated heterocycles. The number of aliphatic imine (C=N–C) groups is 2. The summed E-state index contributed by atoms with van der Waals surface area (Å²) in [4.78, 5) is 17.7. The van der Waals surface area contributed by atoms with Crippen molar-refractivity contribution < 1.29 is 18.6 Å². The number of nitrogens with one attached hydrogen (secondary N) is 2. The van der Waals surface area contributed by atoms with Crippen LogP contribution in [0.2, 0.25) is 5.02 Å². The highest BCUT2D eigenvalue weighted by Crippen LogP contribution is 2.39. The molecule has 13 heteroatoms. The van der Waals surface area contributed by atoms with Gasteiger partial charge < -0.3 is 19.7 Å². The second-order valence-electron chi connectivity index (χ2n) is 10.6. The minimum absolute atomic E-state index is 0.0420. The molecule has 0 bridgehead atoms. The number of imidazole rings is 1. The van der Waals surface area contributed by atoms with E-state index in [-0.39, 0.29) is 29.8 Å². The summed E-state index contributed by atoms with van der Waals surface area (Å²) in [5, 5.41) is 21.1. The Morgan fingerprint density at radius 3 is 2.80 bits per heavy atom. The molecule has 1 aliphatic carbocycles. The van der Waals surface area contributed by atoms with Crippen molar-refractivity contribution in [3.8, 4) is 0 Å². The number of halogens is 3. The molecule has 5 N–H and O–H groups in total. The molecule has 3 aliphatic rings. The number of aliphatic hydroxyl groups is 1. The number of allylic oxidation sites excluding steroid dienone is 2. The van der Waals surface area contributed by atoms with Gasteiger partial charge in [0.05, 0.1) is 10.7 Å². The summed E-state index contributed by atoms with van der Waals surface area (Å²) in [6.07, 6.45) is 7.55. The number of fused-ring (bicyclic) bond motifs is 1. The van der Waals surface area contributed by atoms with Crippen LogP contribution in [0.15, 0.2) is 53.0 Å². The summed E-state index contributed by atoms with van der Waals surface area (Å²) < 4.78 is 38.6. The molecular weight excluding hydrogens is 554 g/mol. The van der Waals surface area contributed by atoms with Crippen LogP contribution in [0.25, 0.3) is 0 Å². The fourth-order valence-corrected chi connectivity index (χ4v) is 5.81. The average molecular weight is 587 g/mol. The molecule has 0 radical (unpaired) electrons. The van der Waals surface area contributed by atoms with Gasteiger partial charge in [0.25, 0.3) is 6.41 Å². The number of hydrogen-bond donors (Lipinski definition) is 4. The Hall–Kier alpha value is -3.48. The number of aromatic nitrogens is 3. The zero-order valence-corrected chi connectivity index (χ0v) is 23.4. The predicted molar refractivity (Wildman–Crippen MR) is 154 cm³/mol. The third-order valence-corrected chi connectivity index (χ3v) is 7.88. The first-order chi connectivity index (χ1) is 19.6. The van der Waals surface area contributed by atoms with Gasteiger partial charge in [0.15, 0.2) is 17.8 Å². The van der Waals surface area contributed by atoms with Crippen molar-refractivity contribution in [1.29, 1.82) is 5.41 Å². The first kappa shape index (κ1) is 29.0. The molecule has 1 fully saturated rings. The number of rotatable bonds is 8. The van der Waals surface area contributed by atoms with E-state index in [2.05, 4.69) is 31.8 Å². The third-order valence-electron chi connectivity index (χ3n) is 7.68. The van der Waals surface area contributed by atoms with Gasteiger partial charge in [-0.2, -0.15) is 0 Å². The number of nitrogens with two attached hydrogens (primary N) is 1. The standard InChI is InChI=1S/C28H33ClF2N8O2/c1-3-15-6-8-16(9-7-15)14-39-21-20(17-11-18(29)13-34-12-17)36-25(23(32)41-27(33)40)37-24(21)38-26(39)28(2,31)22-19(30)5-4-10-35-22/h3,5,11-13,15-16,25,27,32,37,40H,1,4,6-10,14,33H2,2H3. The minimum Gasteiger partial charge on any atom is -0.435 e. The van der Waals surface area contributed by atoms with Crippen molar-refractivity contribution >= 4 is 34.7 Å². The Morgan fingerprint density at radius 2 is 2.15 bits per heavy atom. The lowest BCUT2D eigenvalue weighted by atomic mass is 9.82. The van der Waals surface area contributed by atoms with E-state index >= 15 is 4.39 Å². The Bertz CT molecular complexity index is 1430. The van der Waals surface area contributed by atoms with Crippen LogP contribution in [0.1, 0.15) is 56.1 Å². The van der Waals surface area contributed by atoms with Crippen LogP contribution in [0, 0.1) is 17.2 Å². The maximum Gasteiger partial charge on any atom is 0.256 e. The van der Waals surface area contributed by atoms with Gasteiger partial charge in [-0.3, -0.25) is 21.1 Å². The molecule has 41 heavy (non-hydrogen) atoms. The van der Waals surface area contributed by atoms with Crippen LogP contribution in [-0.2, 0) is 17.0 Å². The third kappa shape index (κ3) is 5.95. The van der Waals surface area contributed by atoms with E-state index in [9.17, 15) is 9.50 Å². The minimum atomic E-state index is -2.39. The molecule has 3 atom stereocenters. The summed E-state index contributed by atoms with van der Waals surface area (Å²) in [6, 6.07) is 1.65.